The van der Waals surface area contributed by atoms with Gasteiger partial charge in [0.15, 0.2) is 0 Å². The molecular formula is C9H11NO2. The van der Waals surface area contributed by atoms with Gasteiger partial charge in [0.25, 0.3) is 0 Å². The summed E-state index contributed by atoms with van der Waals surface area (Å²) in [6, 6.07) is 1.76. The molecule has 0 radical (unpaired) electrons. The van der Waals surface area contributed by atoms with Crippen LogP contribution in [0.25, 0.3) is 0 Å². The molecule has 0 bridgehead atoms. The van der Waals surface area contributed by atoms with Gasteiger partial charge in [0.2, 0.25) is 6.41 Å². The van der Waals surface area contributed by atoms with Crippen molar-refractivity contribution in [1.29, 1.82) is 0 Å². The van der Waals surface area contributed by atoms with Crippen molar-refractivity contribution in [2.45, 2.75) is 6.92 Å². The average molecular weight is 165 g/mol. The summed E-state index contributed by atoms with van der Waals surface area (Å²) in [6.45, 7) is 5.88. The fraction of sp³-hybridized carbons (Fsp3) is 0.222. The maximum absolute atomic E-state index is 10.6. The van der Waals surface area contributed by atoms with Gasteiger partial charge in [-0.3, -0.25) is 4.79 Å². The van der Waals surface area contributed by atoms with E-state index in [1.807, 2.05) is 6.92 Å². The minimum atomic E-state index is 0.504. The molecular weight excluding hydrogens is 154 g/mol. The topological polar surface area (TPSA) is 33.5 Å². The number of carbonyl (C=O) groups is 1. The predicted molar refractivity (Wildman–Crippen MR) is 47.1 cm³/mol. The van der Waals surface area contributed by atoms with Crippen LogP contribution < -0.4 is 4.90 Å². The van der Waals surface area contributed by atoms with Crippen molar-refractivity contribution >= 4 is 12.1 Å². The summed E-state index contributed by atoms with van der Waals surface area (Å²) in [5.74, 6) is 0.740. The van der Waals surface area contributed by atoms with Gasteiger partial charge in [-0.15, -0.1) is 6.58 Å². The predicted octanol–water partition coefficient (Wildman–Crippen LogP) is 1.74. The Labute approximate surface area is 71.3 Å². The number of rotatable bonds is 4. The maximum atomic E-state index is 10.6. The smallest absolute Gasteiger partial charge is 0.214 e. The quantitative estimate of drug-likeness (QED) is 0.503. The molecule has 1 aromatic heterocycles. The Morgan fingerprint density at radius 3 is 2.92 bits per heavy atom. The molecule has 0 atom stereocenters. The molecule has 3 heteroatoms. The first kappa shape index (κ1) is 8.59. The third kappa shape index (κ3) is 1.56. The summed E-state index contributed by atoms with van der Waals surface area (Å²) < 4.78 is 5.06. The van der Waals surface area contributed by atoms with Crippen molar-refractivity contribution in [3.8, 4) is 0 Å². The second kappa shape index (κ2) is 3.76. The zero-order valence-electron chi connectivity index (χ0n) is 6.99. The summed E-state index contributed by atoms with van der Waals surface area (Å²) in [4.78, 5) is 12.1. The molecule has 1 amide bonds. The van der Waals surface area contributed by atoms with Crippen LogP contribution in [0.2, 0.25) is 0 Å². The maximum Gasteiger partial charge on any atom is 0.214 e. The van der Waals surface area contributed by atoms with E-state index in [-0.39, 0.29) is 0 Å². The van der Waals surface area contributed by atoms with Gasteiger partial charge < -0.3 is 9.32 Å². The van der Waals surface area contributed by atoms with Crippen molar-refractivity contribution in [3.63, 3.8) is 0 Å². The first-order chi connectivity index (χ1) is 5.79. The molecule has 1 aromatic rings. The molecule has 0 aliphatic rings. The highest BCUT2D eigenvalue weighted by molar-refractivity contribution is 5.76. The largest absolute Gasteiger partial charge is 0.467 e. The molecule has 0 saturated heterocycles. The van der Waals surface area contributed by atoms with E-state index in [4.69, 9.17) is 4.42 Å². The van der Waals surface area contributed by atoms with E-state index >= 15 is 0 Å². The molecule has 64 valence electrons. The lowest BCUT2D eigenvalue weighted by Gasteiger charge is -2.12. The number of furan rings is 1. The number of aryl methyl sites for hydroxylation is 1. The highest BCUT2D eigenvalue weighted by Crippen LogP contribution is 2.18. The van der Waals surface area contributed by atoms with Gasteiger partial charge in [-0.2, -0.15) is 0 Å². The van der Waals surface area contributed by atoms with Gasteiger partial charge in [0.05, 0.1) is 12.0 Å². The Balaban J connectivity index is 2.85. The molecule has 1 heterocycles. The van der Waals surface area contributed by atoms with Gasteiger partial charge in [-0.1, -0.05) is 6.08 Å². The van der Waals surface area contributed by atoms with Crippen LogP contribution in [-0.4, -0.2) is 13.0 Å². The highest BCUT2D eigenvalue weighted by atomic mass is 16.3. The van der Waals surface area contributed by atoms with E-state index in [9.17, 15) is 4.79 Å². The minimum absolute atomic E-state index is 0.504. The lowest BCUT2D eigenvalue weighted by Crippen LogP contribution is -2.20. The first-order valence-electron chi connectivity index (χ1n) is 3.66. The average Bonchev–Trinajstić information content (AvgIpc) is 2.47. The van der Waals surface area contributed by atoms with Crippen LogP contribution in [0.5, 0.6) is 0 Å². The number of amides is 1. The summed E-state index contributed by atoms with van der Waals surface area (Å²) >= 11 is 0. The second-order valence-corrected chi connectivity index (χ2v) is 2.41. The Kier molecular flexibility index (Phi) is 2.69. The second-order valence-electron chi connectivity index (χ2n) is 2.41. The number of hydrogen-bond acceptors (Lipinski definition) is 2. The van der Waals surface area contributed by atoms with Crippen LogP contribution in [-0.2, 0) is 4.79 Å². The van der Waals surface area contributed by atoms with Crippen LogP contribution in [0.1, 0.15) is 5.76 Å². The SMILES string of the molecule is C=CCN(C=O)c1ccoc1C. The van der Waals surface area contributed by atoms with Crippen LogP contribution in [0.3, 0.4) is 0 Å². The van der Waals surface area contributed by atoms with E-state index in [0.717, 1.165) is 17.9 Å². The Morgan fingerprint density at radius 2 is 2.50 bits per heavy atom. The fourth-order valence-corrected chi connectivity index (χ4v) is 1.01. The van der Waals surface area contributed by atoms with Gasteiger partial charge in [0, 0.05) is 12.6 Å². The van der Waals surface area contributed by atoms with Crippen molar-refractivity contribution in [2.24, 2.45) is 0 Å². The Bertz CT molecular complexity index is 278. The highest BCUT2D eigenvalue weighted by Gasteiger charge is 2.07. The summed E-state index contributed by atoms with van der Waals surface area (Å²) in [5.41, 5.74) is 0.796. The van der Waals surface area contributed by atoms with Crippen LogP contribution in [0.4, 0.5) is 5.69 Å². The molecule has 0 aliphatic carbocycles. The fourth-order valence-electron chi connectivity index (χ4n) is 1.01. The standard InChI is InChI=1S/C9H11NO2/c1-3-5-10(7-11)9-4-6-12-8(9)2/h3-4,6-7H,1,5H2,2H3. The molecule has 0 N–H and O–H groups in total. The van der Waals surface area contributed by atoms with Crippen LogP contribution in [0.15, 0.2) is 29.4 Å². The molecule has 0 aliphatic heterocycles. The van der Waals surface area contributed by atoms with Gasteiger partial charge in [0.1, 0.15) is 5.76 Å². The molecule has 0 unspecified atom stereocenters. The molecule has 1 rings (SSSR count). The number of nitrogens with zero attached hydrogens (tertiary/aromatic N) is 1. The normalized spacial score (nSPS) is 9.42. The Hall–Kier alpha value is -1.51. The van der Waals surface area contributed by atoms with E-state index in [0.29, 0.717) is 6.54 Å². The summed E-state index contributed by atoms with van der Waals surface area (Å²) in [5, 5.41) is 0. The van der Waals surface area contributed by atoms with E-state index in [2.05, 4.69) is 6.58 Å². The molecule has 3 nitrogen and oxygen atoms in total. The summed E-state index contributed by atoms with van der Waals surface area (Å²) in [7, 11) is 0. The number of carbonyl (C=O) groups excluding carboxylic acids is 1. The molecule has 12 heavy (non-hydrogen) atoms. The molecule has 0 aromatic carbocycles. The molecule has 0 saturated carbocycles. The van der Waals surface area contributed by atoms with Crippen molar-refractivity contribution < 1.29 is 9.21 Å². The summed E-state index contributed by atoms with van der Waals surface area (Å²) in [6.07, 6.45) is 3.99. The molecule has 0 spiro atoms. The lowest BCUT2D eigenvalue weighted by atomic mass is 10.3. The van der Waals surface area contributed by atoms with E-state index in [1.54, 1.807) is 18.4 Å². The minimum Gasteiger partial charge on any atom is -0.467 e. The van der Waals surface area contributed by atoms with Gasteiger partial charge in [-0.05, 0) is 6.92 Å². The van der Waals surface area contributed by atoms with Crippen molar-refractivity contribution in [1.82, 2.24) is 0 Å². The third-order valence-corrected chi connectivity index (χ3v) is 1.59. The van der Waals surface area contributed by atoms with E-state index in [1.165, 1.54) is 4.90 Å². The zero-order chi connectivity index (χ0) is 8.97. The zero-order valence-corrected chi connectivity index (χ0v) is 6.99. The lowest BCUT2D eigenvalue weighted by molar-refractivity contribution is -0.107. The first-order valence-corrected chi connectivity index (χ1v) is 3.66. The Morgan fingerprint density at radius 1 is 1.75 bits per heavy atom. The third-order valence-electron chi connectivity index (χ3n) is 1.59. The molecule has 0 fully saturated rings. The van der Waals surface area contributed by atoms with Crippen LogP contribution >= 0.6 is 0 Å². The van der Waals surface area contributed by atoms with Crippen molar-refractivity contribution in [2.75, 3.05) is 11.4 Å². The number of hydrogen-bond donors (Lipinski definition) is 0. The van der Waals surface area contributed by atoms with Gasteiger partial charge >= 0.3 is 0 Å². The van der Waals surface area contributed by atoms with Crippen LogP contribution in [0, 0.1) is 6.92 Å². The number of anilines is 1. The van der Waals surface area contributed by atoms with E-state index < -0.39 is 0 Å². The monoisotopic (exact) mass is 165 g/mol. The van der Waals surface area contributed by atoms with Gasteiger partial charge in [-0.25, -0.2) is 0 Å². The van der Waals surface area contributed by atoms with Crippen molar-refractivity contribution in [3.05, 3.63) is 30.7 Å².